The van der Waals surface area contributed by atoms with Crippen molar-refractivity contribution in [3.05, 3.63) is 83.1 Å². The van der Waals surface area contributed by atoms with Gasteiger partial charge in [-0.1, -0.05) is 35.1 Å². The average Bonchev–Trinajstić information content (AvgIpc) is 3.64. The molecular weight excluding hydrogens is 532 g/mol. The van der Waals surface area contributed by atoms with Crippen LogP contribution in [-0.4, -0.2) is 46.9 Å². The second-order valence-corrected chi connectivity index (χ2v) is 10.8. The van der Waals surface area contributed by atoms with Gasteiger partial charge in [-0.15, -0.1) is 10.2 Å². The van der Waals surface area contributed by atoms with Gasteiger partial charge in [0.1, 0.15) is 5.75 Å². The first-order valence-corrected chi connectivity index (χ1v) is 14.5. The highest BCUT2D eigenvalue weighted by molar-refractivity contribution is 7.17. The van der Waals surface area contributed by atoms with Crippen molar-refractivity contribution in [3.8, 4) is 10.9 Å². The number of piperidine rings is 1. The summed E-state index contributed by atoms with van der Waals surface area (Å²) in [7, 11) is 0. The van der Waals surface area contributed by atoms with Gasteiger partial charge in [-0.25, -0.2) is 0 Å². The van der Waals surface area contributed by atoms with Crippen molar-refractivity contribution >= 4 is 39.7 Å². The number of aromatic nitrogens is 3. The lowest BCUT2D eigenvalue weighted by Gasteiger charge is -2.30. The maximum atomic E-state index is 12.7. The molecule has 1 aliphatic rings. The maximum Gasteiger partial charge on any atom is 0.223 e. The number of carbonyl (C=O) groups excluding carboxylic acids is 1. The van der Waals surface area contributed by atoms with Gasteiger partial charge in [0.05, 0.1) is 13.2 Å². The molecule has 1 fully saturated rings. The van der Waals surface area contributed by atoms with E-state index in [9.17, 15) is 4.79 Å². The molecule has 0 radical (unpaired) electrons. The van der Waals surface area contributed by atoms with Crippen LogP contribution in [0.25, 0.3) is 5.13 Å². The minimum Gasteiger partial charge on any atom is -0.494 e. The first-order valence-electron chi connectivity index (χ1n) is 13.3. The molecule has 204 valence electrons. The van der Waals surface area contributed by atoms with Crippen LogP contribution in [0.15, 0.2) is 66.9 Å². The van der Waals surface area contributed by atoms with Crippen LogP contribution in [0.1, 0.15) is 31.0 Å². The second kappa shape index (κ2) is 13.0. The van der Waals surface area contributed by atoms with E-state index in [0.29, 0.717) is 19.7 Å². The summed E-state index contributed by atoms with van der Waals surface area (Å²) in [6.45, 7) is 5.51. The Kier molecular flexibility index (Phi) is 9.00. The molecular formula is C29H33ClN6O2S. The lowest BCUT2D eigenvalue weighted by Crippen LogP contribution is -2.41. The van der Waals surface area contributed by atoms with E-state index in [4.69, 9.17) is 16.3 Å². The zero-order chi connectivity index (χ0) is 27.0. The summed E-state index contributed by atoms with van der Waals surface area (Å²) in [5, 5.41) is 18.0. The van der Waals surface area contributed by atoms with Crippen molar-refractivity contribution in [2.75, 3.05) is 36.5 Å². The lowest BCUT2D eigenvalue weighted by atomic mass is 9.96. The van der Waals surface area contributed by atoms with E-state index in [1.165, 1.54) is 5.56 Å². The number of carbonyl (C=O) groups is 1. The van der Waals surface area contributed by atoms with Crippen LogP contribution in [0.4, 0.5) is 10.8 Å². The Morgan fingerprint density at radius 1 is 1.05 bits per heavy atom. The molecule has 39 heavy (non-hydrogen) atoms. The molecule has 1 amide bonds. The topological polar surface area (TPSA) is 84.3 Å². The predicted molar refractivity (Wildman–Crippen MR) is 157 cm³/mol. The maximum absolute atomic E-state index is 12.7. The standard InChI is InChI=1S/C29H33ClN6O2S/c1-2-38-26-11-9-24(10-12-26)32-20-25-4-3-17-36(25)29-34-33-28(39-29)35-18-14-22(15-19-35)27(37)31-16-13-21-5-7-23(30)8-6-21/h3-12,17,22,32H,2,13-16,18-20H2,1H3,(H,31,37). The van der Waals surface area contributed by atoms with Gasteiger partial charge in [-0.05, 0) is 80.3 Å². The number of hydrogen-bond acceptors (Lipinski definition) is 7. The van der Waals surface area contributed by atoms with Gasteiger partial charge >= 0.3 is 0 Å². The van der Waals surface area contributed by atoms with Crippen LogP contribution in [-0.2, 0) is 17.8 Å². The van der Waals surface area contributed by atoms with E-state index in [2.05, 4.69) is 36.4 Å². The number of ether oxygens (including phenoxy) is 1. The van der Waals surface area contributed by atoms with E-state index in [0.717, 1.165) is 64.8 Å². The van der Waals surface area contributed by atoms with Gasteiger partial charge in [0.15, 0.2) is 0 Å². The molecule has 0 spiro atoms. The molecule has 0 bridgehead atoms. The number of hydrogen-bond donors (Lipinski definition) is 2. The Bertz CT molecular complexity index is 1350. The molecule has 5 rings (SSSR count). The Morgan fingerprint density at radius 3 is 2.54 bits per heavy atom. The molecule has 4 aromatic rings. The van der Waals surface area contributed by atoms with E-state index in [-0.39, 0.29) is 11.8 Å². The SMILES string of the molecule is CCOc1ccc(NCc2cccn2-c2nnc(N3CCC(C(=O)NCCc4ccc(Cl)cc4)CC3)s2)cc1. The third-order valence-electron chi connectivity index (χ3n) is 6.84. The zero-order valence-electron chi connectivity index (χ0n) is 22.0. The van der Waals surface area contributed by atoms with Crippen LogP contribution in [0, 0.1) is 5.92 Å². The highest BCUT2D eigenvalue weighted by Crippen LogP contribution is 2.29. The number of nitrogens with one attached hydrogen (secondary N) is 2. The van der Waals surface area contributed by atoms with E-state index >= 15 is 0 Å². The minimum atomic E-state index is 0.0311. The summed E-state index contributed by atoms with van der Waals surface area (Å²) in [4.78, 5) is 14.9. The zero-order valence-corrected chi connectivity index (χ0v) is 23.5. The monoisotopic (exact) mass is 564 g/mol. The van der Waals surface area contributed by atoms with Crippen molar-refractivity contribution < 1.29 is 9.53 Å². The fourth-order valence-corrected chi connectivity index (χ4v) is 5.71. The normalized spacial score (nSPS) is 13.8. The summed E-state index contributed by atoms with van der Waals surface area (Å²) >= 11 is 7.52. The molecule has 10 heteroatoms. The first-order chi connectivity index (χ1) is 19.1. The average molecular weight is 565 g/mol. The molecule has 0 atom stereocenters. The Balaban J connectivity index is 1.10. The molecule has 1 saturated heterocycles. The summed E-state index contributed by atoms with van der Waals surface area (Å²) in [6.07, 6.45) is 4.43. The van der Waals surface area contributed by atoms with Crippen LogP contribution >= 0.6 is 22.9 Å². The number of halogens is 1. The van der Waals surface area contributed by atoms with E-state index < -0.39 is 0 Å². The van der Waals surface area contributed by atoms with Crippen molar-refractivity contribution in [1.82, 2.24) is 20.1 Å². The number of benzene rings is 2. The largest absolute Gasteiger partial charge is 0.494 e. The van der Waals surface area contributed by atoms with Gasteiger partial charge in [0.2, 0.25) is 16.2 Å². The van der Waals surface area contributed by atoms with Crippen molar-refractivity contribution in [2.24, 2.45) is 5.92 Å². The van der Waals surface area contributed by atoms with Crippen LogP contribution in [0.3, 0.4) is 0 Å². The Labute approximate surface area is 238 Å². The molecule has 3 heterocycles. The quantitative estimate of drug-likeness (QED) is 0.248. The fourth-order valence-electron chi connectivity index (χ4n) is 4.67. The minimum absolute atomic E-state index is 0.0311. The van der Waals surface area contributed by atoms with Crippen molar-refractivity contribution in [1.29, 1.82) is 0 Å². The molecule has 0 saturated carbocycles. The van der Waals surface area contributed by atoms with Crippen LogP contribution < -0.4 is 20.3 Å². The first kappa shape index (κ1) is 27.0. The Morgan fingerprint density at radius 2 is 1.79 bits per heavy atom. The van der Waals surface area contributed by atoms with Crippen molar-refractivity contribution in [3.63, 3.8) is 0 Å². The van der Waals surface area contributed by atoms with E-state index in [1.807, 2.05) is 67.7 Å². The summed E-state index contributed by atoms with van der Waals surface area (Å²) in [5.41, 5.74) is 3.29. The third kappa shape index (κ3) is 7.10. The number of amides is 1. The highest BCUT2D eigenvalue weighted by atomic mass is 35.5. The molecule has 2 N–H and O–H groups in total. The summed E-state index contributed by atoms with van der Waals surface area (Å²) in [5.74, 6) is 1.04. The molecule has 2 aromatic carbocycles. The van der Waals surface area contributed by atoms with Crippen LogP contribution in [0.2, 0.25) is 5.02 Å². The molecule has 2 aromatic heterocycles. The van der Waals surface area contributed by atoms with Gasteiger partial charge in [-0.3, -0.25) is 9.36 Å². The number of rotatable bonds is 11. The van der Waals surface area contributed by atoms with Gasteiger partial charge in [0.25, 0.3) is 0 Å². The van der Waals surface area contributed by atoms with Gasteiger partial charge in [-0.2, -0.15) is 0 Å². The smallest absolute Gasteiger partial charge is 0.223 e. The number of anilines is 2. The lowest BCUT2D eigenvalue weighted by molar-refractivity contribution is -0.125. The molecule has 1 aliphatic heterocycles. The summed E-state index contributed by atoms with van der Waals surface area (Å²) in [6, 6.07) is 19.8. The summed E-state index contributed by atoms with van der Waals surface area (Å²) < 4.78 is 7.59. The van der Waals surface area contributed by atoms with Crippen molar-refractivity contribution in [2.45, 2.75) is 32.7 Å². The Hall–Kier alpha value is -3.56. The highest BCUT2D eigenvalue weighted by Gasteiger charge is 2.26. The molecule has 0 unspecified atom stereocenters. The second-order valence-electron chi connectivity index (χ2n) is 9.48. The van der Waals surface area contributed by atoms with Crippen LogP contribution in [0.5, 0.6) is 5.75 Å². The predicted octanol–water partition coefficient (Wildman–Crippen LogP) is 5.57. The van der Waals surface area contributed by atoms with Gasteiger partial charge in [0, 0.05) is 48.2 Å². The fraction of sp³-hybridized carbons (Fsp3) is 0.345. The molecule has 8 nitrogen and oxygen atoms in total. The van der Waals surface area contributed by atoms with Gasteiger partial charge < -0.3 is 20.3 Å². The van der Waals surface area contributed by atoms with E-state index in [1.54, 1.807) is 11.3 Å². The third-order valence-corrected chi connectivity index (χ3v) is 8.08. The molecule has 0 aliphatic carbocycles. The number of nitrogens with zero attached hydrogens (tertiary/aromatic N) is 4.